The molecule has 3 nitrogen and oxygen atoms in total. The van der Waals surface area contributed by atoms with Crippen molar-refractivity contribution in [2.75, 3.05) is 5.32 Å². The van der Waals surface area contributed by atoms with E-state index in [9.17, 15) is 23.1 Å². The van der Waals surface area contributed by atoms with Crippen LogP contribution >= 0.6 is 0 Å². The molecule has 0 bridgehead atoms. The molecule has 0 aromatic heterocycles. The van der Waals surface area contributed by atoms with Crippen LogP contribution in [0.2, 0.25) is 0 Å². The third-order valence-corrected chi connectivity index (χ3v) is 4.68. The van der Waals surface area contributed by atoms with Gasteiger partial charge in [0.1, 0.15) is 0 Å². The number of halogens is 3. The number of nitrogens with one attached hydrogen (secondary N) is 1. The SMILES string of the molecule is O=C(O)c1ccc(CCc2ccccc2)cc1NC1CC=CC=C1C(F)(F)F. The average Bonchev–Trinajstić information content (AvgIpc) is 2.67. The zero-order valence-corrected chi connectivity index (χ0v) is 15.0. The fourth-order valence-electron chi connectivity index (χ4n) is 3.23. The third kappa shape index (κ3) is 4.82. The maximum absolute atomic E-state index is 13.3. The van der Waals surface area contributed by atoms with Gasteiger partial charge in [-0.3, -0.25) is 0 Å². The lowest BCUT2D eigenvalue weighted by atomic mass is 9.96. The molecule has 0 fully saturated rings. The van der Waals surface area contributed by atoms with Crippen molar-refractivity contribution in [1.82, 2.24) is 0 Å². The highest BCUT2D eigenvalue weighted by atomic mass is 19.4. The Kier molecular flexibility index (Phi) is 5.87. The number of carboxylic acids is 1. The lowest BCUT2D eigenvalue weighted by Crippen LogP contribution is -2.32. The minimum Gasteiger partial charge on any atom is -0.478 e. The van der Waals surface area contributed by atoms with Gasteiger partial charge in [0.25, 0.3) is 0 Å². The summed E-state index contributed by atoms with van der Waals surface area (Å²) >= 11 is 0. The van der Waals surface area contributed by atoms with Gasteiger partial charge < -0.3 is 10.4 Å². The Morgan fingerprint density at radius 3 is 2.46 bits per heavy atom. The zero-order chi connectivity index (χ0) is 20.1. The Hall–Kier alpha value is -3.02. The number of carbonyl (C=O) groups is 1. The van der Waals surface area contributed by atoms with Crippen LogP contribution in [0.3, 0.4) is 0 Å². The lowest BCUT2D eigenvalue weighted by Gasteiger charge is -2.26. The van der Waals surface area contributed by atoms with Crippen LogP contribution in [0.4, 0.5) is 18.9 Å². The monoisotopic (exact) mass is 387 g/mol. The normalized spacial score (nSPS) is 16.5. The Balaban J connectivity index is 1.83. The smallest absolute Gasteiger partial charge is 0.414 e. The fourth-order valence-corrected chi connectivity index (χ4v) is 3.23. The Morgan fingerprint density at radius 1 is 1.07 bits per heavy atom. The van der Waals surface area contributed by atoms with Gasteiger partial charge in [-0.15, -0.1) is 0 Å². The van der Waals surface area contributed by atoms with Crippen molar-refractivity contribution in [2.45, 2.75) is 31.5 Å². The van der Waals surface area contributed by atoms with Crippen molar-refractivity contribution in [3.8, 4) is 0 Å². The number of aromatic carboxylic acids is 1. The van der Waals surface area contributed by atoms with E-state index in [1.54, 1.807) is 18.2 Å². The average molecular weight is 387 g/mol. The first kappa shape index (κ1) is 19.7. The van der Waals surface area contributed by atoms with Crippen LogP contribution in [0.25, 0.3) is 0 Å². The Labute approximate surface area is 161 Å². The lowest BCUT2D eigenvalue weighted by molar-refractivity contribution is -0.0949. The highest BCUT2D eigenvalue weighted by Crippen LogP contribution is 2.34. The molecule has 0 spiro atoms. The second-order valence-electron chi connectivity index (χ2n) is 6.65. The van der Waals surface area contributed by atoms with Gasteiger partial charge in [-0.1, -0.05) is 54.6 Å². The fraction of sp³-hybridized carbons (Fsp3) is 0.227. The second-order valence-corrected chi connectivity index (χ2v) is 6.65. The zero-order valence-electron chi connectivity index (χ0n) is 15.0. The highest BCUT2D eigenvalue weighted by molar-refractivity contribution is 5.94. The van der Waals surface area contributed by atoms with Crippen molar-refractivity contribution in [3.05, 3.63) is 89.0 Å². The predicted molar refractivity (Wildman–Crippen MR) is 103 cm³/mol. The van der Waals surface area contributed by atoms with E-state index in [0.29, 0.717) is 6.42 Å². The molecule has 0 aliphatic heterocycles. The summed E-state index contributed by atoms with van der Waals surface area (Å²) in [6, 6.07) is 13.6. The minimum absolute atomic E-state index is 0.0421. The number of carboxylic acid groups (broad SMARTS) is 1. The van der Waals surface area contributed by atoms with Gasteiger partial charge in [-0.2, -0.15) is 13.2 Å². The number of aryl methyl sites for hydroxylation is 2. The topological polar surface area (TPSA) is 49.3 Å². The molecule has 1 unspecified atom stereocenters. The van der Waals surface area contributed by atoms with E-state index in [2.05, 4.69) is 5.32 Å². The van der Waals surface area contributed by atoms with Crippen LogP contribution in [-0.2, 0) is 12.8 Å². The molecule has 2 N–H and O–H groups in total. The summed E-state index contributed by atoms with van der Waals surface area (Å²) in [4.78, 5) is 11.5. The molecule has 1 aliphatic rings. The summed E-state index contributed by atoms with van der Waals surface area (Å²) in [6.45, 7) is 0. The van der Waals surface area contributed by atoms with Crippen LogP contribution in [0.1, 0.15) is 27.9 Å². The van der Waals surface area contributed by atoms with Gasteiger partial charge in [-0.05, 0) is 42.5 Å². The van der Waals surface area contributed by atoms with Crippen LogP contribution < -0.4 is 5.32 Å². The number of benzene rings is 2. The first-order valence-electron chi connectivity index (χ1n) is 8.95. The van der Waals surface area contributed by atoms with Crippen molar-refractivity contribution in [1.29, 1.82) is 0 Å². The summed E-state index contributed by atoms with van der Waals surface area (Å²) in [6.07, 6.45) is 1.11. The van der Waals surface area contributed by atoms with Crippen LogP contribution in [-0.4, -0.2) is 23.3 Å². The van der Waals surface area contributed by atoms with E-state index in [4.69, 9.17) is 0 Å². The number of allylic oxidation sites excluding steroid dienone is 2. The summed E-state index contributed by atoms with van der Waals surface area (Å²) in [7, 11) is 0. The summed E-state index contributed by atoms with van der Waals surface area (Å²) in [5.74, 6) is -1.18. The molecule has 28 heavy (non-hydrogen) atoms. The molecule has 0 saturated heterocycles. The molecule has 1 aliphatic carbocycles. The highest BCUT2D eigenvalue weighted by Gasteiger charge is 2.39. The predicted octanol–water partition coefficient (Wildman–Crippen LogP) is 5.40. The van der Waals surface area contributed by atoms with Crippen LogP contribution in [0.15, 0.2) is 72.3 Å². The number of rotatable bonds is 6. The molecular weight excluding hydrogens is 367 g/mol. The van der Waals surface area contributed by atoms with Gasteiger partial charge in [0, 0.05) is 5.69 Å². The van der Waals surface area contributed by atoms with Gasteiger partial charge in [0.15, 0.2) is 0 Å². The van der Waals surface area contributed by atoms with Gasteiger partial charge in [-0.25, -0.2) is 4.79 Å². The molecule has 6 heteroatoms. The van der Waals surface area contributed by atoms with Crippen LogP contribution in [0, 0.1) is 0 Å². The number of anilines is 1. The molecule has 146 valence electrons. The van der Waals surface area contributed by atoms with Crippen molar-refractivity contribution >= 4 is 11.7 Å². The summed E-state index contributed by atoms with van der Waals surface area (Å²) in [5, 5.41) is 12.2. The molecule has 3 rings (SSSR count). The molecule has 1 atom stereocenters. The Morgan fingerprint density at radius 2 is 1.79 bits per heavy atom. The van der Waals surface area contributed by atoms with E-state index in [1.165, 1.54) is 12.1 Å². The molecule has 2 aromatic carbocycles. The Bertz CT molecular complexity index is 902. The maximum atomic E-state index is 13.3. The maximum Gasteiger partial charge on any atom is 0.414 e. The second kappa shape index (κ2) is 8.33. The standard InChI is InChI=1S/C22H20F3NO2/c23-22(24,25)18-8-4-5-9-19(18)26-20-14-16(12-13-17(20)21(27)28)11-10-15-6-2-1-3-7-15/h1-8,12-14,19,26H,9-11H2,(H,27,28). The molecule has 0 saturated carbocycles. The van der Waals surface area contributed by atoms with E-state index in [-0.39, 0.29) is 17.7 Å². The number of hydrogen-bond donors (Lipinski definition) is 2. The number of alkyl halides is 3. The van der Waals surface area contributed by atoms with Crippen molar-refractivity contribution < 1.29 is 23.1 Å². The minimum atomic E-state index is -4.48. The quantitative estimate of drug-likeness (QED) is 0.698. The van der Waals surface area contributed by atoms with E-state index < -0.39 is 23.8 Å². The van der Waals surface area contributed by atoms with Crippen molar-refractivity contribution in [2.24, 2.45) is 0 Å². The van der Waals surface area contributed by atoms with E-state index in [1.807, 2.05) is 30.3 Å². The summed E-state index contributed by atoms with van der Waals surface area (Å²) in [5.41, 5.74) is 1.45. The van der Waals surface area contributed by atoms with Crippen molar-refractivity contribution in [3.63, 3.8) is 0 Å². The van der Waals surface area contributed by atoms with E-state index >= 15 is 0 Å². The van der Waals surface area contributed by atoms with Gasteiger partial charge in [0.2, 0.25) is 0 Å². The van der Waals surface area contributed by atoms with Crippen LogP contribution in [0.5, 0.6) is 0 Å². The van der Waals surface area contributed by atoms with E-state index in [0.717, 1.165) is 23.6 Å². The largest absolute Gasteiger partial charge is 0.478 e. The first-order valence-corrected chi connectivity index (χ1v) is 8.95. The van der Waals surface area contributed by atoms with Gasteiger partial charge in [0.05, 0.1) is 17.2 Å². The van der Waals surface area contributed by atoms with Gasteiger partial charge >= 0.3 is 12.1 Å². The molecule has 0 heterocycles. The first-order chi connectivity index (χ1) is 13.3. The molecule has 0 amide bonds. The molecule has 0 radical (unpaired) electrons. The summed E-state index contributed by atoms with van der Waals surface area (Å²) < 4.78 is 39.8. The number of hydrogen-bond acceptors (Lipinski definition) is 2. The molecule has 2 aromatic rings. The molecular formula is C22H20F3NO2. The third-order valence-electron chi connectivity index (χ3n) is 4.68.